The zero-order chi connectivity index (χ0) is 28.5. The fourth-order valence-corrected chi connectivity index (χ4v) is 4.66. The highest BCUT2D eigenvalue weighted by molar-refractivity contribution is 7.60. The molecule has 0 unspecified atom stereocenters. The third kappa shape index (κ3) is 5.94. The van der Waals surface area contributed by atoms with Crippen molar-refractivity contribution in [2.24, 2.45) is 7.05 Å². The maximum Gasteiger partial charge on any atom is 0.547 e. The van der Waals surface area contributed by atoms with Crippen LogP contribution in [0, 0.1) is 0 Å². The van der Waals surface area contributed by atoms with Crippen molar-refractivity contribution in [2.75, 3.05) is 0 Å². The van der Waals surface area contributed by atoms with Gasteiger partial charge in [0.1, 0.15) is 17.4 Å². The van der Waals surface area contributed by atoms with Crippen LogP contribution >= 0.6 is 7.60 Å². The van der Waals surface area contributed by atoms with E-state index in [1.165, 1.54) is 54.2 Å². The Labute approximate surface area is 221 Å². The van der Waals surface area contributed by atoms with E-state index in [0.717, 1.165) is 12.1 Å². The summed E-state index contributed by atoms with van der Waals surface area (Å²) >= 11 is 0. The van der Waals surface area contributed by atoms with E-state index in [4.69, 9.17) is 4.65 Å². The lowest BCUT2D eigenvalue weighted by Crippen LogP contribution is -2.55. The number of hydrogen-bond donors (Lipinski definition) is 6. The van der Waals surface area contributed by atoms with Crippen LogP contribution in [-0.4, -0.2) is 55.3 Å². The molecule has 2 amide bonds. The van der Waals surface area contributed by atoms with Gasteiger partial charge in [-0.1, -0.05) is 24.3 Å². The van der Waals surface area contributed by atoms with Crippen molar-refractivity contribution >= 4 is 37.8 Å². The zero-order valence-electron chi connectivity index (χ0n) is 20.3. The van der Waals surface area contributed by atoms with Crippen LogP contribution in [0.2, 0.25) is 0 Å². The van der Waals surface area contributed by atoms with E-state index in [1.807, 2.05) is 0 Å². The summed E-state index contributed by atoms with van der Waals surface area (Å²) < 4.78 is 18.2. The molecule has 2 atom stereocenters. The number of aromatic nitrogens is 1. The van der Waals surface area contributed by atoms with Gasteiger partial charge in [0.15, 0.2) is 0 Å². The van der Waals surface area contributed by atoms with Gasteiger partial charge in [0, 0.05) is 13.2 Å². The van der Waals surface area contributed by atoms with Crippen LogP contribution in [-0.2, 0) is 22.8 Å². The van der Waals surface area contributed by atoms with Crippen molar-refractivity contribution in [3.8, 4) is 5.75 Å². The van der Waals surface area contributed by atoms with Gasteiger partial charge in [0.2, 0.25) is 5.91 Å². The normalized spacial score (nSPS) is 15.5. The second-order valence-corrected chi connectivity index (χ2v) is 10.4. The molecule has 4 rings (SSSR count). The average molecular weight is 555 g/mol. The number of carboxylic acid groups (broad SMARTS) is 1. The van der Waals surface area contributed by atoms with Crippen molar-refractivity contribution in [1.29, 1.82) is 0 Å². The molecule has 0 saturated carbocycles. The van der Waals surface area contributed by atoms with Gasteiger partial charge in [-0.2, -0.15) is 0 Å². The number of amides is 2. The number of fused-ring (bicyclic) bond motifs is 1. The van der Waals surface area contributed by atoms with Crippen molar-refractivity contribution in [3.05, 3.63) is 93.4 Å². The molecule has 15 heteroatoms. The first-order valence-electron chi connectivity index (χ1n) is 11.5. The molecule has 2 aromatic carbocycles. The summed E-state index contributed by atoms with van der Waals surface area (Å²) in [6.45, 7) is 0. The molecule has 202 valence electrons. The van der Waals surface area contributed by atoms with Crippen LogP contribution < -0.4 is 26.2 Å². The van der Waals surface area contributed by atoms with Gasteiger partial charge < -0.3 is 39.8 Å². The van der Waals surface area contributed by atoms with Gasteiger partial charge in [0.05, 0.1) is 16.8 Å². The van der Waals surface area contributed by atoms with Crippen LogP contribution in [0.4, 0.5) is 0 Å². The van der Waals surface area contributed by atoms with Gasteiger partial charge in [-0.15, -0.1) is 0 Å². The van der Waals surface area contributed by atoms with Crippen LogP contribution in [0.5, 0.6) is 5.75 Å². The number of rotatable bonds is 7. The molecular formula is C24H23BN3O10P. The smallest absolute Gasteiger partial charge is 0.534 e. The number of para-hydroxylation sites is 1. The fraction of sp³-hybridized carbons (Fsp3) is 0.167. The molecule has 0 bridgehead atoms. The zero-order valence-corrected chi connectivity index (χ0v) is 21.2. The third-order valence-corrected chi connectivity index (χ3v) is 7.12. The SMILES string of the molecule is Cn1cccc(C(=O)N[C@H](C(=O)N[C@H]2Cc3cccc(C(=O)O)c3OB2O)c2ccc(P(=O)(O)O)cc2)c1=O. The molecule has 0 fully saturated rings. The Balaban J connectivity index is 1.63. The topological polar surface area (TPSA) is 204 Å². The minimum atomic E-state index is -4.58. The van der Waals surface area contributed by atoms with Crippen LogP contribution in [0.3, 0.4) is 0 Å². The molecule has 13 nitrogen and oxygen atoms in total. The first-order chi connectivity index (χ1) is 18.4. The first-order valence-corrected chi connectivity index (χ1v) is 13.1. The monoisotopic (exact) mass is 555 g/mol. The highest BCUT2D eigenvalue weighted by Crippen LogP contribution is 2.33. The van der Waals surface area contributed by atoms with E-state index < -0.39 is 50.0 Å². The molecule has 0 saturated heterocycles. The summed E-state index contributed by atoms with van der Waals surface area (Å²) in [5, 5.41) is 24.6. The average Bonchev–Trinajstić information content (AvgIpc) is 2.88. The summed E-state index contributed by atoms with van der Waals surface area (Å²) in [5.74, 6) is -4.04. The second kappa shape index (κ2) is 10.9. The maximum absolute atomic E-state index is 13.4. The molecule has 1 aromatic heterocycles. The Kier molecular flexibility index (Phi) is 7.75. The Morgan fingerprint density at radius 2 is 1.74 bits per heavy atom. The minimum absolute atomic E-state index is 0.000396. The van der Waals surface area contributed by atoms with Crippen molar-refractivity contribution in [2.45, 2.75) is 18.4 Å². The number of nitrogens with one attached hydrogen (secondary N) is 2. The number of nitrogens with zero attached hydrogens (tertiary/aromatic N) is 1. The quantitative estimate of drug-likeness (QED) is 0.163. The van der Waals surface area contributed by atoms with Crippen molar-refractivity contribution in [1.82, 2.24) is 15.2 Å². The first kappa shape index (κ1) is 27.8. The van der Waals surface area contributed by atoms with Gasteiger partial charge in [-0.05, 0) is 47.9 Å². The number of carboxylic acids is 1. The molecule has 0 aliphatic carbocycles. The van der Waals surface area contributed by atoms with Crippen molar-refractivity contribution < 1.29 is 43.5 Å². The van der Waals surface area contributed by atoms with Crippen molar-refractivity contribution in [3.63, 3.8) is 0 Å². The lowest BCUT2D eigenvalue weighted by Gasteiger charge is -2.30. The maximum atomic E-state index is 13.4. The number of pyridine rings is 1. The predicted molar refractivity (Wildman–Crippen MR) is 138 cm³/mol. The lowest BCUT2D eigenvalue weighted by molar-refractivity contribution is -0.123. The fourth-order valence-electron chi connectivity index (χ4n) is 4.12. The molecule has 39 heavy (non-hydrogen) atoms. The molecule has 3 aromatic rings. The summed E-state index contributed by atoms with van der Waals surface area (Å²) in [5.41, 5.74) is -0.472. The summed E-state index contributed by atoms with van der Waals surface area (Å²) in [6.07, 6.45) is 1.45. The van der Waals surface area contributed by atoms with Gasteiger partial charge >= 0.3 is 20.7 Å². The molecule has 1 aliphatic heterocycles. The van der Waals surface area contributed by atoms with E-state index in [2.05, 4.69) is 10.6 Å². The van der Waals surface area contributed by atoms with Gasteiger partial charge in [-0.3, -0.25) is 18.9 Å². The number of aromatic carboxylic acids is 1. The molecular weight excluding hydrogens is 532 g/mol. The number of aryl methyl sites for hydroxylation is 1. The number of benzene rings is 2. The van der Waals surface area contributed by atoms with E-state index in [-0.39, 0.29) is 34.2 Å². The summed E-state index contributed by atoms with van der Waals surface area (Å²) in [4.78, 5) is 69.1. The highest BCUT2D eigenvalue weighted by atomic mass is 31.2. The Morgan fingerprint density at radius 1 is 1.08 bits per heavy atom. The van der Waals surface area contributed by atoms with Gasteiger partial charge in [-0.25, -0.2) is 4.79 Å². The van der Waals surface area contributed by atoms with Gasteiger partial charge in [0.25, 0.3) is 11.5 Å². The molecule has 0 radical (unpaired) electrons. The third-order valence-electron chi connectivity index (χ3n) is 6.15. The lowest BCUT2D eigenvalue weighted by atomic mass is 9.72. The molecule has 6 N–H and O–H groups in total. The largest absolute Gasteiger partial charge is 0.547 e. The number of carbonyl (C=O) groups excluding carboxylic acids is 2. The summed E-state index contributed by atoms with van der Waals surface area (Å²) in [7, 11) is -4.76. The number of hydrogen-bond acceptors (Lipinski definition) is 7. The molecule has 0 spiro atoms. The molecule has 1 aliphatic rings. The van der Waals surface area contributed by atoms with Crippen LogP contribution in [0.25, 0.3) is 0 Å². The van der Waals surface area contributed by atoms with E-state index >= 15 is 0 Å². The van der Waals surface area contributed by atoms with E-state index in [0.29, 0.717) is 5.56 Å². The van der Waals surface area contributed by atoms with E-state index in [9.17, 15) is 43.7 Å². The Morgan fingerprint density at radius 3 is 2.38 bits per heavy atom. The van der Waals surface area contributed by atoms with Crippen LogP contribution in [0.1, 0.15) is 37.9 Å². The van der Waals surface area contributed by atoms with E-state index in [1.54, 1.807) is 6.07 Å². The Hall–Kier alpha value is -4.23. The summed E-state index contributed by atoms with van der Waals surface area (Å²) in [6, 6.07) is 10.4. The predicted octanol–water partition coefficient (Wildman–Crippen LogP) is -0.503. The second-order valence-electron chi connectivity index (χ2n) is 8.81. The minimum Gasteiger partial charge on any atom is -0.534 e. The molecule has 2 heterocycles. The Bertz CT molecular complexity index is 1550. The number of carbonyl (C=O) groups is 3. The highest BCUT2D eigenvalue weighted by Gasteiger charge is 2.39. The standard InChI is InChI=1S/C24H23BN3O10P/c1-28-11-3-6-17(23(28)31)21(29)27-19(13-7-9-15(10-8-13)39(35,36)37)22(30)26-18-12-14-4-2-5-16(24(32)33)20(14)38-25(18)34/h2-11,18-19,34H,12H2,1H3,(H,26,30)(H,27,29)(H,32,33)(H2,35,36,37)/t18-,19-/m0/s1. The van der Waals surface area contributed by atoms with Crippen LogP contribution in [0.15, 0.2) is 65.6 Å².